The van der Waals surface area contributed by atoms with E-state index in [-0.39, 0.29) is 11.8 Å². The summed E-state index contributed by atoms with van der Waals surface area (Å²) in [7, 11) is 0. The van der Waals surface area contributed by atoms with E-state index in [0.29, 0.717) is 33.7 Å². The van der Waals surface area contributed by atoms with Crippen LogP contribution in [0.3, 0.4) is 0 Å². The molecule has 1 N–H and O–H groups in total. The number of anilines is 1. The molecule has 1 fully saturated rings. The first-order valence-electron chi connectivity index (χ1n) is 7.44. The molecule has 1 aromatic heterocycles. The van der Waals surface area contributed by atoms with Gasteiger partial charge in [-0.2, -0.15) is 0 Å². The van der Waals surface area contributed by atoms with Crippen molar-refractivity contribution in [1.82, 2.24) is 9.88 Å². The molecular formula is C16H15Cl2N3O2S. The Labute approximate surface area is 153 Å². The standard InChI is InChI=1S/C16H15Cl2N3O2S/c1-9-8-24-16(19-9)20-14(22)13-3-2-6-21(13)15(23)10-4-5-11(17)12(18)7-10/h4-5,7-8,13H,2-3,6H2,1H3,(H,19,20,22). The van der Waals surface area contributed by atoms with Crippen molar-refractivity contribution in [2.75, 3.05) is 11.9 Å². The van der Waals surface area contributed by atoms with Crippen LogP contribution in [-0.2, 0) is 4.79 Å². The van der Waals surface area contributed by atoms with Crippen LogP contribution in [0.1, 0.15) is 28.9 Å². The first-order chi connectivity index (χ1) is 11.5. The molecule has 126 valence electrons. The summed E-state index contributed by atoms with van der Waals surface area (Å²) in [6, 6.07) is 4.23. The molecule has 3 rings (SSSR count). The maximum Gasteiger partial charge on any atom is 0.254 e. The van der Waals surface area contributed by atoms with Crippen molar-refractivity contribution in [3.8, 4) is 0 Å². The largest absolute Gasteiger partial charge is 0.327 e. The zero-order chi connectivity index (χ0) is 17.3. The number of halogens is 2. The van der Waals surface area contributed by atoms with Crippen LogP contribution in [0.15, 0.2) is 23.6 Å². The van der Waals surface area contributed by atoms with Crippen LogP contribution >= 0.6 is 34.5 Å². The zero-order valence-electron chi connectivity index (χ0n) is 12.9. The third-order valence-electron chi connectivity index (χ3n) is 3.83. The predicted molar refractivity (Wildman–Crippen MR) is 96.0 cm³/mol. The summed E-state index contributed by atoms with van der Waals surface area (Å²) in [5.41, 5.74) is 1.28. The molecule has 0 bridgehead atoms. The lowest BCUT2D eigenvalue weighted by Gasteiger charge is -2.23. The van der Waals surface area contributed by atoms with Gasteiger partial charge in [-0.15, -0.1) is 11.3 Å². The first kappa shape index (κ1) is 17.2. The van der Waals surface area contributed by atoms with Crippen molar-refractivity contribution in [2.45, 2.75) is 25.8 Å². The number of hydrogen-bond acceptors (Lipinski definition) is 4. The lowest BCUT2D eigenvalue weighted by Crippen LogP contribution is -2.43. The molecule has 24 heavy (non-hydrogen) atoms. The van der Waals surface area contributed by atoms with E-state index >= 15 is 0 Å². The fourth-order valence-electron chi connectivity index (χ4n) is 2.68. The molecule has 5 nitrogen and oxygen atoms in total. The van der Waals surface area contributed by atoms with Crippen molar-refractivity contribution in [3.05, 3.63) is 44.9 Å². The summed E-state index contributed by atoms with van der Waals surface area (Å²) in [4.78, 5) is 31.0. The highest BCUT2D eigenvalue weighted by Crippen LogP contribution is 2.26. The summed E-state index contributed by atoms with van der Waals surface area (Å²) in [5.74, 6) is -0.434. The maximum atomic E-state index is 12.7. The van der Waals surface area contributed by atoms with Crippen LogP contribution in [0, 0.1) is 6.92 Å². The molecule has 0 spiro atoms. The number of thiazole rings is 1. The van der Waals surface area contributed by atoms with Crippen LogP contribution in [0.5, 0.6) is 0 Å². The Bertz CT molecular complexity index is 793. The molecule has 8 heteroatoms. The lowest BCUT2D eigenvalue weighted by atomic mass is 10.1. The minimum absolute atomic E-state index is 0.213. The quantitative estimate of drug-likeness (QED) is 0.870. The van der Waals surface area contributed by atoms with Crippen LogP contribution < -0.4 is 5.32 Å². The van der Waals surface area contributed by atoms with E-state index in [0.717, 1.165) is 12.1 Å². The van der Waals surface area contributed by atoms with Crippen molar-refractivity contribution in [3.63, 3.8) is 0 Å². The highest BCUT2D eigenvalue weighted by molar-refractivity contribution is 7.13. The summed E-state index contributed by atoms with van der Waals surface area (Å²) >= 11 is 13.2. The molecule has 1 aliphatic heterocycles. The minimum atomic E-state index is -0.504. The highest BCUT2D eigenvalue weighted by atomic mass is 35.5. The van der Waals surface area contributed by atoms with Gasteiger partial charge in [-0.25, -0.2) is 4.98 Å². The molecule has 0 saturated carbocycles. The Morgan fingerprint density at radius 1 is 1.33 bits per heavy atom. The SMILES string of the molecule is Cc1csc(NC(=O)C2CCCN2C(=O)c2ccc(Cl)c(Cl)c2)n1. The Morgan fingerprint density at radius 3 is 2.79 bits per heavy atom. The second kappa shape index (κ2) is 7.09. The van der Waals surface area contributed by atoms with E-state index in [2.05, 4.69) is 10.3 Å². The molecule has 2 amide bonds. The number of aromatic nitrogens is 1. The van der Waals surface area contributed by atoms with Crippen molar-refractivity contribution >= 4 is 51.5 Å². The number of amides is 2. The summed E-state index contributed by atoms with van der Waals surface area (Å²) < 4.78 is 0. The highest BCUT2D eigenvalue weighted by Gasteiger charge is 2.35. The number of carbonyl (C=O) groups is 2. The molecule has 1 unspecified atom stereocenters. The molecule has 1 saturated heterocycles. The molecule has 0 aliphatic carbocycles. The van der Waals surface area contributed by atoms with Gasteiger partial charge in [0.1, 0.15) is 6.04 Å². The van der Waals surface area contributed by atoms with Gasteiger partial charge in [-0.05, 0) is 38.0 Å². The Hall–Kier alpha value is -1.63. The number of nitrogens with zero attached hydrogens (tertiary/aromatic N) is 2. The molecule has 1 aliphatic rings. The first-order valence-corrected chi connectivity index (χ1v) is 9.08. The van der Waals surface area contributed by atoms with E-state index in [1.54, 1.807) is 17.0 Å². The molecule has 1 aromatic carbocycles. The van der Waals surface area contributed by atoms with Gasteiger partial charge in [0, 0.05) is 17.5 Å². The number of benzene rings is 1. The number of rotatable bonds is 3. The van der Waals surface area contributed by atoms with E-state index in [9.17, 15) is 9.59 Å². The predicted octanol–water partition coefficient (Wildman–Crippen LogP) is 4.00. The minimum Gasteiger partial charge on any atom is -0.327 e. The van der Waals surface area contributed by atoms with Gasteiger partial charge in [0.25, 0.3) is 5.91 Å². The number of hydrogen-bond donors (Lipinski definition) is 1. The number of aryl methyl sites for hydroxylation is 1. The average Bonchev–Trinajstić information content (AvgIpc) is 3.18. The van der Waals surface area contributed by atoms with Crippen LogP contribution in [0.4, 0.5) is 5.13 Å². The third kappa shape index (κ3) is 3.55. The average molecular weight is 384 g/mol. The van der Waals surface area contributed by atoms with Crippen molar-refractivity contribution in [1.29, 1.82) is 0 Å². The topological polar surface area (TPSA) is 62.3 Å². The van der Waals surface area contributed by atoms with Crippen LogP contribution in [0.25, 0.3) is 0 Å². The Kier molecular flexibility index (Phi) is 5.08. The van der Waals surface area contributed by atoms with Crippen LogP contribution in [0.2, 0.25) is 10.0 Å². The Morgan fingerprint density at radius 2 is 2.12 bits per heavy atom. The fraction of sp³-hybridized carbons (Fsp3) is 0.312. The van der Waals surface area contributed by atoms with E-state index in [1.807, 2.05) is 12.3 Å². The summed E-state index contributed by atoms with van der Waals surface area (Å²) in [5, 5.41) is 5.91. The van der Waals surface area contributed by atoms with E-state index in [4.69, 9.17) is 23.2 Å². The maximum absolute atomic E-state index is 12.7. The second-order valence-electron chi connectivity index (χ2n) is 5.57. The molecule has 1 atom stereocenters. The molecule has 2 aromatic rings. The summed E-state index contributed by atoms with van der Waals surface area (Å²) in [6.45, 7) is 2.40. The third-order valence-corrected chi connectivity index (χ3v) is 5.45. The smallest absolute Gasteiger partial charge is 0.254 e. The van der Waals surface area contributed by atoms with Gasteiger partial charge >= 0.3 is 0 Å². The van der Waals surface area contributed by atoms with Gasteiger partial charge in [0.05, 0.1) is 15.7 Å². The van der Waals surface area contributed by atoms with E-state index in [1.165, 1.54) is 17.4 Å². The number of nitrogens with one attached hydrogen (secondary N) is 1. The normalized spacial score (nSPS) is 17.1. The monoisotopic (exact) mass is 383 g/mol. The van der Waals surface area contributed by atoms with Gasteiger partial charge < -0.3 is 10.2 Å². The van der Waals surface area contributed by atoms with Gasteiger partial charge in [-0.1, -0.05) is 23.2 Å². The number of likely N-dealkylation sites (tertiary alicyclic amines) is 1. The molecule has 0 radical (unpaired) electrons. The summed E-state index contributed by atoms with van der Waals surface area (Å²) in [6.07, 6.45) is 1.41. The zero-order valence-corrected chi connectivity index (χ0v) is 15.2. The number of carbonyl (C=O) groups excluding carboxylic acids is 2. The Balaban J connectivity index is 1.75. The van der Waals surface area contributed by atoms with Crippen molar-refractivity contribution in [2.24, 2.45) is 0 Å². The molecular weight excluding hydrogens is 369 g/mol. The fourth-order valence-corrected chi connectivity index (χ4v) is 3.67. The molecule has 2 heterocycles. The van der Waals surface area contributed by atoms with Crippen LogP contribution in [-0.4, -0.2) is 34.3 Å². The van der Waals surface area contributed by atoms with Gasteiger partial charge in [0.15, 0.2) is 5.13 Å². The lowest BCUT2D eigenvalue weighted by molar-refractivity contribution is -0.119. The van der Waals surface area contributed by atoms with Gasteiger partial charge in [0.2, 0.25) is 5.91 Å². The van der Waals surface area contributed by atoms with Gasteiger partial charge in [-0.3, -0.25) is 9.59 Å². The van der Waals surface area contributed by atoms with E-state index < -0.39 is 6.04 Å². The van der Waals surface area contributed by atoms with Crippen molar-refractivity contribution < 1.29 is 9.59 Å². The second-order valence-corrected chi connectivity index (χ2v) is 7.24.